The van der Waals surface area contributed by atoms with E-state index in [1.807, 2.05) is 5.01 Å². The Morgan fingerprint density at radius 2 is 1.84 bits per heavy atom. The monoisotopic (exact) mass is 269 g/mol. The smallest absolute Gasteiger partial charge is 0.329 e. The molecule has 3 N–H and O–H groups in total. The third-order valence-electron chi connectivity index (χ3n) is 4.12. The number of carboxylic acids is 1. The topological polar surface area (TPSA) is 81.7 Å². The Morgan fingerprint density at radius 1 is 1.11 bits per heavy atom. The first-order valence-electron chi connectivity index (χ1n) is 7.19. The molecule has 1 aliphatic heterocycles. The second-order valence-electron chi connectivity index (χ2n) is 5.51. The molecule has 1 saturated carbocycles. The van der Waals surface area contributed by atoms with E-state index in [-0.39, 0.29) is 17.9 Å². The molecule has 108 valence electrons. The molecule has 0 bridgehead atoms. The Hall–Kier alpha value is -1.30. The first-order chi connectivity index (χ1) is 9.16. The fourth-order valence-electron chi connectivity index (χ4n) is 3.02. The number of rotatable bonds is 4. The largest absolute Gasteiger partial charge is 0.481 e. The molecule has 1 aliphatic carbocycles. The molecule has 2 rings (SSSR count). The van der Waals surface area contributed by atoms with Crippen molar-refractivity contribution in [2.24, 2.45) is 11.8 Å². The molecule has 6 heteroatoms. The van der Waals surface area contributed by atoms with Crippen LogP contribution in [0.2, 0.25) is 0 Å². The highest BCUT2D eigenvalue weighted by molar-refractivity contribution is 5.74. The molecule has 2 amide bonds. The van der Waals surface area contributed by atoms with Gasteiger partial charge in [-0.15, -0.1) is 0 Å². The number of nitrogens with zero attached hydrogens (tertiary/aromatic N) is 1. The van der Waals surface area contributed by atoms with Crippen LogP contribution in [-0.2, 0) is 4.79 Å². The molecule has 0 aromatic rings. The highest BCUT2D eigenvalue weighted by Crippen LogP contribution is 2.31. The van der Waals surface area contributed by atoms with E-state index in [1.165, 1.54) is 6.42 Å². The minimum Gasteiger partial charge on any atom is -0.481 e. The third-order valence-corrected chi connectivity index (χ3v) is 4.12. The summed E-state index contributed by atoms with van der Waals surface area (Å²) < 4.78 is 0. The van der Waals surface area contributed by atoms with Crippen molar-refractivity contribution in [3.63, 3.8) is 0 Å². The zero-order valence-electron chi connectivity index (χ0n) is 11.2. The van der Waals surface area contributed by atoms with Gasteiger partial charge in [0.05, 0.1) is 5.92 Å². The molecule has 0 spiro atoms. The van der Waals surface area contributed by atoms with Crippen molar-refractivity contribution in [1.82, 2.24) is 15.8 Å². The average molecular weight is 269 g/mol. The Labute approximate surface area is 113 Å². The van der Waals surface area contributed by atoms with Crippen LogP contribution in [0.3, 0.4) is 0 Å². The van der Waals surface area contributed by atoms with Crippen LogP contribution in [0, 0.1) is 11.8 Å². The number of amides is 2. The number of carbonyl (C=O) groups excluding carboxylic acids is 1. The van der Waals surface area contributed by atoms with Gasteiger partial charge in [0.25, 0.3) is 0 Å². The molecule has 1 heterocycles. The number of carbonyl (C=O) groups is 2. The van der Waals surface area contributed by atoms with Gasteiger partial charge in [-0.1, -0.05) is 12.8 Å². The molecule has 2 unspecified atom stereocenters. The average Bonchev–Trinajstić information content (AvgIpc) is 2.86. The summed E-state index contributed by atoms with van der Waals surface area (Å²) in [6.45, 7) is 2.25. The van der Waals surface area contributed by atoms with Gasteiger partial charge in [0.1, 0.15) is 0 Å². The predicted molar refractivity (Wildman–Crippen MR) is 70.4 cm³/mol. The molecule has 1 saturated heterocycles. The first kappa shape index (κ1) is 14.1. The van der Waals surface area contributed by atoms with Gasteiger partial charge in [0.15, 0.2) is 0 Å². The summed E-state index contributed by atoms with van der Waals surface area (Å²) in [5.41, 5.74) is 2.82. The van der Waals surface area contributed by atoms with E-state index in [1.54, 1.807) is 0 Å². The van der Waals surface area contributed by atoms with Crippen LogP contribution in [0.5, 0.6) is 0 Å². The lowest BCUT2D eigenvalue weighted by Crippen LogP contribution is -2.50. The Morgan fingerprint density at radius 3 is 2.53 bits per heavy atom. The Bertz CT molecular complexity index is 329. The van der Waals surface area contributed by atoms with Gasteiger partial charge in [-0.3, -0.25) is 10.2 Å². The van der Waals surface area contributed by atoms with Crippen molar-refractivity contribution in [3.8, 4) is 0 Å². The summed E-state index contributed by atoms with van der Waals surface area (Å²) in [6, 6.07) is -0.210. The first-order valence-corrected chi connectivity index (χ1v) is 7.19. The van der Waals surface area contributed by atoms with Crippen molar-refractivity contribution in [2.75, 3.05) is 19.6 Å². The number of hydrogen-bond acceptors (Lipinski definition) is 3. The van der Waals surface area contributed by atoms with Gasteiger partial charge in [0.2, 0.25) is 0 Å². The maximum Gasteiger partial charge on any atom is 0.329 e. The van der Waals surface area contributed by atoms with Crippen LogP contribution in [0.1, 0.15) is 38.5 Å². The lowest BCUT2D eigenvalue weighted by atomic mass is 9.96. The Kier molecular flexibility index (Phi) is 5.01. The van der Waals surface area contributed by atoms with Gasteiger partial charge in [-0.2, -0.15) is 0 Å². The second-order valence-corrected chi connectivity index (χ2v) is 5.51. The van der Waals surface area contributed by atoms with Crippen molar-refractivity contribution < 1.29 is 14.7 Å². The highest BCUT2D eigenvalue weighted by atomic mass is 16.4. The van der Waals surface area contributed by atoms with Crippen LogP contribution < -0.4 is 10.7 Å². The maximum absolute atomic E-state index is 11.7. The summed E-state index contributed by atoms with van der Waals surface area (Å²) in [7, 11) is 0. The molecule has 0 aromatic carbocycles. The molecule has 2 atom stereocenters. The van der Waals surface area contributed by atoms with Gasteiger partial charge < -0.3 is 10.4 Å². The van der Waals surface area contributed by atoms with Crippen molar-refractivity contribution >= 4 is 12.0 Å². The van der Waals surface area contributed by atoms with Crippen LogP contribution in [0.25, 0.3) is 0 Å². The number of nitrogens with one attached hydrogen (secondary N) is 2. The number of urea groups is 1. The fourth-order valence-corrected chi connectivity index (χ4v) is 3.02. The number of hydrazine groups is 1. The molecule has 2 aliphatic rings. The number of carboxylic acid groups (broad SMARTS) is 1. The molecule has 0 aromatic heterocycles. The summed E-state index contributed by atoms with van der Waals surface area (Å²) in [5.74, 6) is -0.958. The minimum atomic E-state index is -0.735. The van der Waals surface area contributed by atoms with Gasteiger partial charge in [-0.25, -0.2) is 9.80 Å². The zero-order valence-corrected chi connectivity index (χ0v) is 11.2. The van der Waals surface area contributed by atoms with E-state index in [0.717, 1.165) is 45.2 Å². The quantitative estimate of drug-likeness (QED) is 0.716. The maximum atomic E-state index is 11.7. The number of aliphatic carboxylic acids is 1. The van der Waals surface area contributed by atoms with E-state index in [9.17, 15) is 9.59 Å². The normalized spacial score (nSPS) is 28.0. The number of hydrogen-bond donors (Lipinski definition) is 3. The third kappa shape index (κ3) is 4.09. The van der Waals surface area contributed by atoms with Crippen LogP contribution in [-0.4, -0.2) is 41.8 Å². The van der Waals surface area contributed by atoms with Crippen molar-refractivity contribution in [3.05, 3.63) is 0 Å². The van der Waals surface area contributed by atoms with Crippen LogP contribution >= 0.6 is 0 Å². The predicted octanol–water partition coefficient (Wildman–Crippen LogP) is 1.19. The van der Waals surface area contributed by atoms with E-state index >= 15 is 0 Å². The summed E-state index contributed by atoms with van der Waals surface area (Å²) in [4.78, 5) is 22.8. The van der Waals surface area contributed by atoms with Gasteiger partial charge >= 0.3 is 12.0 Å². The lowest BCUT2D eigenvalue weighted by Gasteiger charge is -2.27. The standard InChI is InChI=1S/C13H23N3O3/c17-12(18)11-6-4-5-10(11)9-14-13(19)15-16-7-2-1-3-8-16/h10-11H,1-9H2,(H,17,18)(H2,14,15,19). The van der Waals surface area contributed by atoms with E-state index in [4.69, 9.17) is 5.11 Å². The highest BCUT2D eigenvalue weighted by Gasteiger charge is 2.32. The molecule has 19 heavy (non-hydrogen) atoms. The van der Waals surface area contributed by atoms with Crippen LogP contribution in [0.4, 0.5) is 4.79 Å². The van der Waals surface area contributed by atoms with E-state index < -0.39 is 5.97 Å². The van der Waals surface area contributed by atoms with E-state index in [2.05, 4.69) is 10.7 Å². The molecule has 2 fully saturated rings. The summed E-state index contributed by atoms with van der Waals surface area (Å²) in [5, 5.41) is 13.8. The van der Waals surface area contributed by atoms with Crippen molar-refractivity contribution in [2.45, 2.75) is 38.5 Å². The number of piperidine rings is 1. The molecular weight excluding hydrogens is 246 g/mol. The Balaban J connectivity index is 1.69. The molecular formula is C13H23N3O3. The van der Waals surface area contributed by atoms with Gasteiger partial charge in [0, 0.05) is 19.6 Å². The molecule has 0 radical (unpaired) electrons. The van der Waals surface area contributed by atoms with Gasteiger partial charge in [-0.05, 0) is 31.6 Å². The van der Waals surface area contributed by atoms with E-state index in [0.29, 0.717) is 6.54 Å². The minimum absolute atomic E-state index is 0.0737. The fraction of sp³-hybridized carbons (Fsp3) is 0.846. The lowest BCUT2D eigenvalue weighted by molar-refractivity contribution is -0.142. The second kappa shape index (κ2) is 6.75. The SMILES string of the molecule is O=C(NCC1CCCC1C(=O)O)NN1CCCCC1. The zero-order chi connectivity index (χ0) is 13.7. The van der Waals surface area contributed by atoms with Crippen molar-refractivity contribution in [1.29, 1.82) is 0 Å². The summed E-state index contributed by atoms with van der Waals surface area (Å²) >= 11 is 0. The van der Waals surface area contributed by atoms with Crippen LogP contribution in [0.15, 0.2) is 0 Å². The summed E-state index contributed by atoms with van der Waals surface area (Å²) in [6.07, 6.45) is 6.02. The molecule has 6 nitrogen and oxygen atoms in total.